The van der Waals surface area contributed by atoms with Crippen LogP contribution >= 0.6 is 0 Å². The molecule has 0 aromatic rings. The molecule has 0 amide bonds. The van der Waals surface area contributed by atoms with Gasteiger partial charge in [0.1, 0.15) is 0 Å². The van der Waals surface area contributed by atoms with E-state index >= 15 is 0 Å². The molecule has 4 heteroatoms. The third-order valence-corrected chi connectivity index (χ3v) is 2.94. The van der Waals surface area contributed by atoms with E-state index in [9.17, 15) is 4.21 Å². The fourth-order valence-electron chi connectivity index (χ4n) is 0.701. The van der Waals surface area contributed by atoms with Crippen molar-refractivity contribution < 1.29 is 4.21 Å². The lowest BCUT2D eigenvalue weighted by Crippen LogP contribution is -2.35. The Morgan fingerprint density at radius 3 is 2.12 bits per heavy atom. The molecule has 1 heterocycles. The van der Waals surface area contributed by atoms with Crippen molar-refractivity contribution in [2.24, 2.45) is 0 Å². The summed E-state index contributed by atoms with van der Waals surface area (Å²) in [7, 11) is -2.15. The summed E-state index contributed by atoms with van der Waals surface area (Å²) in [5, 5.41) is 3.04. The van der Waals surface area contributed by atoms with Gasteiger partial charge in [0.15, 0.2) is 0 Å². The molecule has 48 valence electrons. The predicted molar refractivity (Wildman–Crippen MR) is 33.5 cm³/mol. The minimum Gasteiger partial charge on any atom is -0.315 e. The molecule has 0 saturated carbocycles. The monoisotopic (exact) mass is 134 g/mol. The molecular formula is C4H10N2OS. The highest BCUT2D eigenvalue weighted by Gasteiger charge is 2.09. The zero-order valence-electron chi connectivity index (χ0n) is 4.64. The molecule has 1 fully saturated rings. The molecule has 0 aromatic carbocycles. The van der Waals surface area contributed by atoms with Crippen molar-refractivity contribution >= 4 is 9.73 Å². The molecule has 0 radical (unpaired) electrons. The lowest BCUT2D eigenvalue weighted by molar-refractivity contribution is 0.650. The van der Waals surface area contributed by atoms with Gasteiger partial charge in [-0.05, 0) is 0 Å². The number of hydrogen-bond donors (Lipinski definition) is 2. The van der Waals surface area contributed by atoms with Crippen LogP contribution in [0.25, 0.3) is 0 Å². The summed E-state index contributed by atoms with van der Waals surface area (Å²) in [6.07, 6.45) is 0. The van der Waals surface area contributed by atoms with Crippen molar-refractivity contribution in [3.63, 3.8) is 0 Å². The van der Waals surface area contributed by atoms with E-state index in [0.29, 0.717) is 11.5 Å². The molecular weight excluding hydrogens is 124 g/mol. The van der Waals surface area contributed by atoms with E-state index in [-0.39, 0.29) is 0 Å². The highest BCUT2D eigenvalue weighted by molar-refractivity contribution is 7.92. The Labute approximate surface area is 49.4 Å². The molecule has 0 atom stereocenters. The summed E-state index contributed by atoms with van der Waals surface area (Å²) in [5.41, 5.74) is 0. The van der Waals surface area contributed by atoms with E-state index in [1.54, 1.807) is 0 Å². The molecule has 2 N–H and O–H groups in total. The number of hydrogen-bond acceptors (Lipinski definition) is 3. The first-order chi connectivity index (χ1) is 3.71. The molecule has 3 nitrogen and oxygen atoms in total. The Morgan fingerprint density at radius 1 is 1.38 bits per heavy atom. The Kier molecular flexibility index (Phi) is 1.53. The van der Waals surface area contributed by atoms with Crippen LogP contribution in [0.3, 0.4) is 0 Å². The zero-order chi connectivity index (χ0) is 6.04. The Hall–Kier alpha value is -0.0900. The van der Waals surface area contributed by atoms with Gasteiger partial charge >= 0.3 is 0 Å². The Balaban J connectivity index is 2.58. The fourth-order valence-corrected chi connectivity index (χ4v) is 1.85. The SMILES string of the molecule is N=S1(=O)CCNCC1. The van der Waals surface area contributed by atoms with Crippen LogP contribution in [0.5, 0.6) is 0 Å². The maximum Gasteiger partial charge on any atom is 0.0466 e. The van der Waals surface area contributed by atoms with Gasteiger partial charge in [0.05, 0.1) is 0 Å². The van der Waals surface area contributed by atoms with E-state index in [1.807, 2.05) is 0 Å². The molecule has 1 saturated heterocycles. The van der Waals surface area contributed by atoms with Crippen LogP contribution in [0.2, 0.25) is 0 Å². The first-order valence-corrected chi connectivity index (χ1v) is 4.55. The van der Waals surface area contributed by atoms with Gasteiger partial charge < -0.3 is 5.32 Å². The molecule has 8 heavy (non-hydrogen) atoms. The minimum atomic E-state index is -2.15. The molecule has 0 unspecified atom stereocenters. The maximum atomic E-state index is 10.8. The standard InChI is InChI=1S/C4H10N2OS/c5-8(7)3-1-6-2-4-8/h5-6H,1-4H2. The molecule has 0 bridgehead atoms. The highest BCUT2D eigenvalue weighted by Crippen LogP contribution is 1.93. The molecule has 1 aliphatic rings. The van der Waals surface area contributed by atoms with Crippen molar-refractivity contribution in [1.82, 2.24) is 5.32 Å². The summed E-state index contributed by atoms with van der Waals surface area (Å²) < 4.78 is 17.9. The third kappa shape index (κ3) is 1.45. The lowest BCUT2D eigenvalue weighted by atomic mass is 10.6. The van der Waals surface area contributed by atoms with E-state index in [4.69, 9.17) is 4.78 Å². The van der Waals surface area contributed by atoms with E-state index in [1.165, 1.54) is 0 Å². The molecule has 0 aromatic heterocycles. The molecule has 1 aliphatic heterocycles. The second-order valence-corrected chi connectivity index (χ2v) is 4.41. The average Bonchev–Trinajstić information content (AvgIpc) is 1.65. The molecule has 0 aliphatic carbocycles. The molecule has 1 rings (SSSR count). The van der Waals surface area contributed by atoms with Crippen LogP contribution < -0.4 is 5.32 Å². The van der Waals surface area contributed by atoms with Gasteiger partial charge in [0, 0.05) is 34.3 Å². The van der Waals surface area contributed by atoms with Crippen molar-refractivity contribution in [2.75, 3.05) is 24.6 Å². The van der Waals surface area contributed by atoms with Crippen LogP contribution in [0.15, 0.2) is 0 Å². The summed E-state index contributed by atoms with van der Waals surface area (Å²) in [6, 6.07) is 0. The zero-order valence-corrected chi connectivity index (χ0v) is 5.46. The topological polar surface area (TPSA) is 53.0 Å². The minimum absolute atomic E-state index is 0.535. The van der Waals surface area contributed by atoms with Gasteiger partial charge in [-0.3, -0.25) is 4.78 Å². The van der Waals surface area contributed by atoms with E-state index in [0.717, 1.165) is 13.1 Å². The summed E-state index contributed by atoms with van der Waals surface area (Å²) in [6.45, 7) is 1.50. The maximum absolute atomic E-state index is 10.8. The van der Waals surface area contributed by atoms with Crippen LogP contribution in [0, 0.1) is 4.78 Å². The second-order valence-electron chi connectivity index (χ2n) is 1.97. The van der Waals surface area contributed by atoms with Gasteiger partial charge in [-0.15, -0.1) is 0 Å². The number of nitrogens with one attached hydrogen (secondary N) is 2. The third-order valence-electron chi connectivity index (χ3n) is 1.22. The van der Waals surface area contributed by atoms with Crippen molar-refractivity contribution in [3.8, 4) is 0 Å². The first-order valence-electron chi connectivity index (χ1n) is 2.66. The van der Waals surface area contributed by atoms with Gasteiger partial charge in [-0.1, -0.05) is 0 Å². The molecule has 0 spiro atoms. The van der Waals surface area contributed by atoms with Gasteiger partial charge in [-0.2, -0.15) is 0 Å². The summed E-state index contributed by atoms with van der Waals surface area (Å²) >= 11 is 0. The predicted octanol–water partition coefficient (Wildman–Crippen LogP) is -0.364. The van der Waals surface area contributed by atoms with Crippen molar-refractivity contribution in [1.29, 1.82) is 4.78 Å². The van der Waals surface area contributed by atoms with Crippen molar-refractivity contribution in [2.45, 2.75) is 0 Å². The lowest BCUT2D eigenvalue weighted by Gasteiger charge is -2.13. The van der Waals surface area contributed by atoms with Crippen molar-refractivity contribution in [3.05, 3.63) is 0 Å². The van der Waals surface area contributed by atoms with Gasteiger partial charge in [-0.25, -0.2) is 4.21 Å². The average molecular weight is 134 g/mol. The van der Waals surface area contributed by atoms with Crippen LogP contribution in [-0.2, 0) is 9.73 Å². The summed E-state index contributed by atoms with van der Waals surface area (Å²) in [4.78, 5) is 0. The largest absolute Gasteiger partial charge is 0.315 e. The van der Waals surface area contributed by atoms with Gasteiger partial charge in [0.25, 0.3) is 0 Å². The fraction of sp³-hybridized carbons (Fsp3) is 1.00. The van der Waals surface area contributed by atoms with E-state index < -0.39 is 9.73 Å². The first kappa shape index (κ1) is 6.04. The van der Waals surface area contributed by atoms with Crippen LogP contribution in [0.4, 0.5) is 0 Å². The van der Waals surface area contributed by atoms with Gasteiger partial charge in [0.2, 0.25) is 0 Å². The highest BCUT2D eigenvalue weighted by atomic mass is 32.2. The summed E-state index contributed by atoms with van der Waals surface area (Å²) in [5.74, 6) is 1.07. The smallest absolute Gasteiger partial charge is 0.0466 e. The normalized spacial score (nSPS) is 27.5. The number of rotatable bonds is 0. The Bertz CT molecular complexity index is 149. The Morgan fingerprint density at radius 2 is 1.88 bits per heavy atom. The van der Waals surface area contributed by atoms with Crippen LogP contribution in [-0.4, -0.2) is 28.8 Å². The quantitative estimate of drug-likeness (QED) is 0.475. The van der Waals surface area contributed by atoms with E-state index in [2.05, 4.69) is 5.32 Å². The van der Waals surface area contributed by atoms with Crippen LogP contribution in [0.1, 0.15) is 0 Å². The second kappa shape index (κ2) is 2.03.